The molecule has 8 nitrogen and oxygen atoms in total. The van der Waals surface area contributed by atoms with E-state index in [9.17, 15) is 14.4 Å². The third-order valence-electron chi connectivity index (χ3n) is 5.25. The fourth-order valence-electron chi connectivity index (χ4n) is 3.51. The summed E-state index contributed by atoms with van der Waals surface area (Å²) in [4.78, 5) is 39.0. The van der Waals surface area contributed by atoms with Crippen molar-refractivity contribution in [1.29, 1.82) is 0 Å². The number of rotatable bonds is 6. The summed E-state index contributed by atoms with van der Waals surface area (Å²) in [6.07, 6.45) is 1.73. The van der Waals surface area contributed by atoms with Crippen molar-refractivity contribution in [3.63, 3.8) is 0 Å². The molecule has 1 N–H and O–H groups in total. The Labute approximate surface area is 179 Å². The van der Waals surface area contributed by atoms with Crippen molar-refractivity contribution >= 4 is 5.91 Å². The topological polar surface area (TPSA) is 95.2 Å². The Bertz CT molecular complexity index is 1180. The van der Waals surface area contributed by atoms with Gasteiger partial charge in [-0.2, -0.15) is 9.78 Å². The first-order chi connectivity index (χ1) is 15.0. The highest BCUT2D eigenvalue weighted by atomic mass is 16.5. The van der Waals surface area contributed by atoms with Crippen LogP contribution in [0.4, 0.5) is 0 Å². The van der Waals surface area contributed by atoms with E-state index in [0.29, 0.717) is 18.8 Å². The lowest BCUT2D eigenvalue weighted by Gasteiger charge is -2.14. The first kappa shape index (κ1) is 20.7. The van der Waals surface area contributed by atoms with Crippen molar-refractivity contribution in [3.05, 3.63) is 92.3 Å². The second kappa shape index (κ2) is 9.09. The molecule has 8 heteroatoms. The number of nitrogens with one attached hydrogen (secondary N) is 1. The summed E-state index contributed by atoms with van der Waals surface area (Å²) in [6.45, 7) is 2.93. The molecule has 1 fully saturated rings. The summed E-state index contributed by atoms with van der Waals surface area (Å²) in [5.41, 5.74) is 0.619. The Hall–Kier alpha value is -3.52. The molecule has 1 aliphatic heterocycles. The molecule has 2 aromatic carbocycles. The maximum Gasteiger partial charge on any atom is 0.352 e. The Morgan fingerprint density at radius 3 is 2.55 bits per heavy atom. The third-order valence-corrected chi connectivity index (χ3v) is 5.25. The van der Waals surface area contributed by atoms with Gasteiger partial charge < -0.3 is 10.1 Å². The Morgan fingerprint density at radius 2 is 1.87 bits per heavy atom. The van der Waals surface area contributed by atoms with Gasteiger partial charge in [-0.05, 0) is 37.5 Å². The SMILES string of the molecule is Cc1ccc(-n2nc(C(=O)NCC3CCCO3)c(=O)n(Cc3ccccc3)c2=O)cc1. The van der Waals surface area contributed by atoms with Gasteiger partial charge in [-0.25, -0.2) is 4.79 Å². The molecule has 0 spiro atoms. The normalized spacial score (nSPS) is 15.7. The van der Waals surface area contributed by atoms with Crippen molar-refractivity contribution < 1.29 is 9.53 Å². The standard InChI is InChI=1S/C23H24N4O4/c1-16-9-11-18(12-10-16)27-23(30)26(15-17-6-3-2-4-7-17)22(29)20(25-27)21(28)24-14-19-8-5-13-31-19/h2-4,6-7,9-12,19H,5,8,13-15H2,1H3,(H,24,28). The zero-order chi connectivity index (χ0) is 21.8. The summed E-state index contributed by atoms with van der Waals surface area (Å²) in [6, 6.07) is 16.3. The molecule has 1 amide bonds. The molecule has 1 atom stereocenters. The number of carbonyl (C=O) groups is 1. The molecule has 0 saturated carbocycles. The van der Waals surface area contributed by atoms with Gasteiger partial charge in [0, 0.05) is 13.2 Å². The molecular weight excluding hydrogens is 396 g/mol. The van der Waals surface area contributed by atoms with E-state index in [-0.39, 0.29) is 18.3 Å². The van der Waals surface area contributed by atoms with Crippen LogP contribution in [-0.4, -0.2) is 39.5 Å². The molecule has 0 aliphatic carbocycles. The van der Waals surface area contributed by atoms with Crippen LogP contribution in [0.3, 0.4) is 0 Å². The Kier molecular flexibility index (Phi) is 6.08. The van der Waals surface area contributed by atoms with Gasteiger partial charge in [-0.15, -0.1) is 0 Å². The molecular formula is C23H24N4O4. The van der Waals surface area contributed by atoms with Gasteiger partial charge >= 0.3 is 5.69 Å². The summed E-state index contributed by atoms with van der Waals surface area (Å²) in [5, 5.41) is 6.86. The fourth-order valence-corrected chi connectivity index (χ4v) is 3.51. The van der Waals surface area contributed by atoms with Crippen molar-refractivity contribution in [2.75, 3.05) is 13.2 Å². The molecule has 2 heterocycles. The number of hydrogen-bond acceptors (Lipinski definition) is 5. The number of carbonyl (C=O) groups excluding carboxylic acids is 1. The molecule has 4 rings (SSSR count). The number of aromatic nitrogens is 3. The molecule has 1 saturated heterocycles. The van der Waals surface area contributed by atoms with E-state index < -0.39 is 17.2 Å². The number of ether oxygens (including phenoxy) is 1. The zero-order valence-corrected chi connectivity index (χ0v) is 17.3. The summed E-state index contributed by atoms with van der Waals surface area (Å²) < 4.78 is 7.67. The van der Waals surface area contributed by atoms with E-state index in [1.54, 1.807) is 12.1 Å². The number of aryl methyl sites for hydroxylation is 1. The molecule has 3 aromatic rings. The maximum atomic E-state index is 13.1. The molecule has 1 aromatic heterocycles. The van der Waals surface area contributed by atoms with E-state index in [1.165, 1.54) is 0 Å². The van der Waals surface area contributed by atoms with Crippen LogP contribution in [0.15, 0.2) is 64.2 Å². The molecule has 31 heavy (non-hydrogen) atoms. The van der Waals surface area contributed by atoms with E-state index in [0.717, 1.165) is 33.2 Å². The smallest absolute Gasteiger partial charge is 0.352 e. The van der Waals surface area contributed by atoms with Crippen molar-refractivity contribution in [3.8, 4) is 5.69 Å². The van der Waals surface area contributed by atoms with Crippen molar-refractivity contribution in [1.82, 2.24) is 19.7 Å². The first-order valence-corrected chi connectivity index (χ1v) is 10.3. The van der Waals surface area contributed by atoms with Crippen LogP contribution in [0.1, 0.15) is 34.5 Å². The van der Waals surface area contributed by atoms with Gasteiger partial charge in [0.2, 0.25) is 5.69 Å². The van der Waals surface area contributed by atoms with Crippen molar-refractivity contribution in [2.45, 2.75) is 32.4 Å². The van der Waals surface area contributed by atoms with E-state index in [2.05, 4.69) is 10.4 Å². The van der Waals surface area contributed by atoms with E-state index >= 15 is 0 Å². The van der Waals surface area contributed by atoms with Crippen LogP contribution in [0.25, 0.3) is 5.69 Å². The van der Waals surface area contributed by atoms with Crippen LogP contribution in [0, 0.1) is 6.92 Å². The molecule has 160 valence electrons. The Morgan fingerprint density at radius 1 is 1.13 bits per heavy atom. The van der Waals surface area contributed by atoms with Gasteiger partial charge in [0.05, 0.1) is 18.3 Å². The maximum absolute atomic E-state index is 13.1. The average Bonchev–Trinajstić information content (AvgIpc) is 3.30. The van der Waals surface area contributed by atoms with Gasteiger partial charge in [0.15, 0.2) is 0 Å². The highest BCUT2D eigenvalue weighted by molar-refractivity contribution is 5.91. The number of hydrogen-bond donors (Lipinski definition) is 1. The predicted molar refractivity (Wildman–Crippen MR) is 116 cm³/mol. The average molecular weight is 420 g/mol. The molecule has 0 bridgehead atoms. The lowest BCUT2D eigenvalue weighted by molar-refractivity contribution is 0.0849. The third kappa shape index (κ3) is 4.64. The Balaban J connectivity index is 1.75. The lowest BCUT2D eigenvalue weighted by atomic mass is 10.2. The van der Waals surface area contributed by atoms with Crippen LogP contribution in [-0.2, 0) is 11.3 Å². The number of nitrogens with zero attached hydrogens (tertiary/aromatic N) is 3. The van der Waals surface area contributed by atoms with Gasteiger partial charge in [-0.1, -0.05) is 48.0 Å². The van der Waals surface area contributed by atoms with E-state index in [4.69, 9.17) is 4.74 Å². The van der Waals surface area contributed by atoms with Gasteiger partial charge in [-0.3, -0.25) is 14.2 Å². The minimum absolute atomic E-state index is 0.0406. The molecule has 0 radical (unpaired) electrons. The van der Waals surface area contributed by atoms with Crippen LogP contribution in [0.5, 0.6) is 0 Å². The highest BCUT2D eigenvalue weighted by Crippen LogP contribution is 2.11. The highest BCUT2D eigenvalue weighted by Gasteiger charge is 2.22. The van der Waals surface area contributed by atoms with E-state index in [1.807, 2.05) is 49.4 Å². The largest absolute Gasteiger partial charge is 0.376 e. The fraction of sp³-hybridized carbons (Fsp3) is 0.304. The quantitative estimate of drug-likeness (QED) is 0.654. The van der Waals surface area contributed by atoms with Crippen molar-refractivity contribution in [2.24, 2.45) is 0 Å². The monoisotopic (exact) mass is 420 g/mol. The minimum atomic E-state index is -0.720. The number of benzene rings is 2. The number of amides is 1. The summed E-state index contributed by atoms with van der Waals surface area (Å²) in [7, 11) is 0. The van der Waals surface area contributed by atoms with Crippen LogP contribution < -0.4 is 16.6 Å². The minimum Gasteiger partial charge on any atom is -0.376 e. The van der Waals surface area contributed by atoms with Crippen LogP contribution in [0.2, 0.25) is 0 Å². The molecule has 1 aliphatic rings. The van der Waals surface area contributed by atoms with Crippen LogP contribution >= 0.6 is 0 Å². The second-order valence-electron chi connectivity index (χ2n) is 7.60. The van der Waals surface area contributed by atoms with Gasteiger partial charge in [0.1, 0.15) is 0 Å². The summed E-state index contributed by atoms with van der Waals surface area (Å²) in [5.74, 6) is -0.622. The molecule has 1 unspecified atom stereocenters. The first-order valence-electron chi connectivity index (χ1n) is 10.3. The van der Waals surface area contributed by atoms with Gasteiger partial charge in [0.25, 0.3) is 11.5 Å². The lowest BCUT2D eigenvalue weighted by Crippen LogP contribution is -2.46. The zero-order valence-electron chi connectivity index (χ0n) is 17.3. The second-order valence-corrected chi connectivity index (χ2v) is 7.60. The summed E-state index contributed by atoms with van der Waals surface area (Å²) >= 11 is 0. The predicted octanol–water partition coefficient (Wildman–Crippen LogP) is 1.66.